The van der Waals surface area contributed by atoms with Gasteiger partial charge in [0.15, 0.2) is 0 Å². The molecule has 1 unspecified atom stereocenters. The molecule has 3 rings (SSSR count). The fourth-order valence-electron chi connectivity index (χ4n) is 3.85. The van der Waals surface area contributed by atoms with Crippen molar-refractivity contribution in [2.45, 2.75) is 69.8 Å². The van der Waals surface area contributed by atoms with Crippen molar-refractivity contribution in [3.05, 3.63) is 27.9 Å². The average Bonchev–Trinajstić information content (AvgIpc) is 2.55. The zero-order valence-corrected chi connectivity index (χ0v) is 13.7. The van der Waals surface area contributed by atoms with E-state index < -0.39 is 5.92 Å². The molecule has 0 amide bonds. The van der Waals surface area contributed by atoms with E-state index in [1.54, 1.807) is 6.20 Å². The van der Waals surface area contributed by atoms with E-state index in [0.717, 1.165) is 31.8 Å². The summed E-state index contributed by atoms with van der Waals surface area (Å²) >= 11 is 0. The molecule has 128 valence electrons. The molecule has 1 aliphatic carbocycles. The Hall–Kier alpha value is -1.30. The summed E-state index contributed by atoms with van der Waals surface area (Å²) in [6.07, 6.45) is 5.50. The van der Waals surface area contributed by atoms with Crippen molar-refractivity contribution in [2.24, 2.45) is 0 Å². The Kier molecular flexibility index (Phi) is 4.80. The number of alkyl halides is 2. The molecule has 1 N–H and O–H groups in total. The lowest BCUT2D eigenvalue weighted by molar-refractivity contribution is -0.0562. The number of aryl methyl sites for hydroxylation is 1. The Balaban J connectivity index is 1.66. The zero-order valence-electron chi connectivity index (χ0n) is 13.7. The molecule has 4 nitrogen and oxygen atoms in total. The van der Waals surface area contributed by atoms with Gasteiger partial charge in [-0.05, 0) is 38.6 Å². The van der Waals surface area contributed by atoms with Gasteiger partial charge in [0.1, 0.15) is 5.82 Å². The van der Waals surface area contributed by atoms with Gasteiger partial charge in [0.05, 0.1) is 0 Å². The molecule has 1 saturated heterocycles. The topological polar surface area (TPSA) is 49.0 Å². The number of aromatic amines is 1. The molecule has 2 heterocycles. The van der Waals surface area contributed by atoms with E-state index in [0.29, 0.717) is 24.8 Å². The number of aromatic nitrogens is 2. The summed E-state index contributed by atoms with van der Waals surface area (Å²) in [5.74, 6) is -1.53. The number of hydrogen-bond acceptors (Lipinski definition) is 3. The van der Waals surface area contributed by atoms with Crippen LogP contribution in [0.15, 0.2) is 11.0 Å². The minimum Gasteiger partial charge on any atom is -0.310 e. The minimum atomic E-state index is -2.48. The number of rotatable bonds is 3. The molecular weight excluding hydrogens is 300 g/mol. The first-order chi connectivity index (χ1) is 11.0. The van der Waals surface area contributed by atoms with Crippen LogP contribution >= 0.6 is 0 Å². The molecule has 6 heteroatoms. The molecule has 0 spiro atoms. The Labute approximate surface area is 135 Å². The molecule has 23 heavy (non-hydrogen) atoms. The van der Waals surface area contributed by atoms with Crippen LogP contribution in [0.4, 0.5) is 8.78 Å². The van der Waals surface area contributed by atoms with Gasteiger partial charge in [-0.3, -0.25) is 9.69 Å². The van der Waals surface area contributed by atoms with Gasteiger partial charge in [-0.25, -0.2) is 13.8 Å². The Morgan fingerprint density at radius 3 is 2.74 bits per heavy atom. The number of H-pyrrole nitrogens is 1. The van der Waals surface area contributed by atoms with Crippen LogP contribution in [-0.4, -0.2) is 39.9 Å². The van der Waals surface area contributed by atoms with E-state index in [9.17, 15) is 13.6 Å². The van der Waals surface area contributed by atoms with Crippen molar-refractivity contribution in [3.8, 4) is 0 Å². The average molecular weight is 325 g/mol. The van der Waals surface area contributed by atoms with E-state index in [2.05, 4.69) is 14.9 Å². The van der Waals surface area contributed by atoms with Crippen LogP contribution in [0.2, 0.25) is 0 Å². The van der Waals surface area contributed by atoms with Crippen molar-refractivity contribution < 1.29 is 8.78 Å². The van der Waals surface area contributed by atoms with Crippen LogP contribution < -0.4 is 5.56 Å². The lowest BCUT2D eigenvalue weighted by atomic mass is 9.88. The van der Waals surface area contributed by atoms with Crippen molar-refractivity contribution in [3.63, 3.8) is 0 Å². The van der Waals surface area contributed by atoms with Crippen molar-refractivity contribution in [1.29, 1.82) is 0 Å². The largest absolute Gasteiger partial charge is 0.310 e. The standard InChI is InChI=1S/C17H25F2N3O/c1-2-12-10-20-15(21-16(12)23)13-4-3-9-22(11-13)14-5-7-17(18,19)8-6-14/h10,13-14H,2-9,11H2,1H3,(H,20,21,23). The smallest absolute Gasteiger partial charge is 0.254 e. The zero-order chi connectivity index (χ0) is 16.4. The molecule has 0 bridgehead atoms. The van der Waals surface area contributed by atoms with Crippen LogP contribution in [0, 0.1) is 0 Å². The Bertz CT molecular complexity index is 592. The highest BCUT2D eigenvalue weighted by molar-refractivity contribution is 5.09. The maximum Gasteiger partial charge on any atom is 0.254 e. The van der Waals surface area contributed by atoms with Crippen LogP contribution in [0.3, 0.4) is 0 Å². The first kappa shape index (κ1) is 16.6. The second kappa shape index (κ2) is 6.67. The van der Waals surface area contributed by atoms with Gasteiger partial charge >= 0.3 is 0 Å². The first-order valence-corrected chi connectivity index (χ1v) is 8.68. The fourth-order valence-corrected chi connectivity index (χ4v) is 3.85. The number of piperidine rings is 1. The van der Waals surface area contributed by atoms with Crippen LogP contribution in [0.25, 0.3) is 0 Å². The summed E-state index contributed by atoms with van der Waals surface area (Å²) in [6, 6.07) is 0.249. The molecular formula is C17H25F2N3O. The van der Waals surface area contributed by atoms with Crippen molar-refractivity contribution >= 4 is 0 Å². The Morgan fingerprint density at radius 2 is 2.09 bits per heavy atom. The van der Waals surface area contributed by atoms with Crippen molar-refractivity contribution in [1.82, 2.24) is 14.9 Å². The first-order valence-electron chi connectivity index (χ1n) is 8.68. The Morgan fingerprint density at radius 1 is 1.35 bits per heavy atom. The van der Waals surface area contributed by atoms with E-state index >= 15 is 0 Å². The van der Waals surface area contributed by atoms with Gasteiger partial charge in [0.2, 0.25) is 5.92 Å². The van der Waals surface area contributed by atoms with E-state index in [1.165, 1.54) is 0 Å². The fraction of sp³-hybridized carbons (Fsp3) is 0.765. The summed E-state index contributed by atoms with van der Waals surface area (Å²) in [7, 11) is 0. The predicted octanol–water partition coefficient (Wildman–Crippen LogP) is 3.09. The maximum atomic E-state index is 13.3. The lowest BCUT2D eigenvalue weighted by Gasteiger charge is -2.41. The SMILES string of the molecule is CCc1cnc(C2CCCN(C3CCC(F)(F)CC3)C2)[nH]c1=O. The van der Waals surface area contributed by atoms with Gasteiger partial charge in [-0.1, -0.05) is 6.92 Å². The molecule has 1 aliphatic heterocycles. The number of nitrogens with one attached hydrogen (secondary N) is 1. The molecule has 1 aromatic rings. The molecule has 1 aromatic heterocycles. The number of nitrogens with zero attached hydrogens (tertiary/aromatic N) is 2. The molecule has 1 atom stereocenters. The van der Waals surface area contributed by atoms with Gasteiger partial charge in [0, 0.05) is 43.1 Å². The van der Waals surface area contributed by atoms with Gasteiger partial charge in [-0.2, -0.15) is 0 Å². The van der Waals surface area contributed by atoms with Crippen LogP contribution in [0.5, 0.6) is 0 Å². The van der Waals surface area contributed by atoms with Crippen molar-refractivity contribution in [2.75, 3.05) is 13.1 Å². The number of likely N-dealkylation sites (tertiary alicyclic amines) is 1. The summed E-state index contributed by atoms with van der Waals surface area (Å²) in [4.78, 5) is 21.7. The predicted molar refractivity (Wildman–Crippen MR) is 85.0 cm³/mol. The summed E-state index contributed by atoms with van der Waals surface area (Å²) in [5, 5.41) is 0. The van der Waals surface area contributed by atoms with Gasteiger partial charge < -0.3 is 4.98 Å². The highest BCUT2D eigenvalue weighted by atomic mass is 19.3. The minimum absolute atomic E-state index is 0.000879. The lowest BCUT2D eigenvalue weighted by Crippen LogP contribution is -2.45. The molecule has 2 aliphatic rings. The quantitative estimate of drug-likeness (QED) is 0.929. The van der Waals surface area contributed by atoms with E-state index in [-0.39, 0.29) is 30.4 Å². The van der Waals surface area contributed by atoms with Crippen LogP contribution in [-0.2, 0) is 6.42 Å². The monoisotopic (exact) mass is 325 g/mol. The highest BCUT2D eigenvalue weighted by Crippen LogP contribution is 2.37. The molecule has 0 radical (unpaired) electrons. The second-order valence-corrected chi connectivity index (χ2v) is 6.90. The normalized spacial score (nSPS) is 26.3. The molecule has 1 saturated carbocycles. The maximum absolute atomic E-state index is 13.3. The molecule has 2 fully saturated rings. The van der Waals surface area contributed by atoms with E-state index in [1.807, 2.05) is 6.92 Å². The van der Waals surface area contributed by atoms with Gasteiger partial charge in [0.25, 0.3) is 5.56 Å². The third kappa shape index (κ3) is 3.79. The second-order valence-electron chi connectivity index (χ2n) is 6.90. The molecule has 0 aromatic carbocycles. The third-order valence-electron chi connectivity index (χ3n) is 5.32. The third-order valence-corrected chi connectivity index (χ3v) is 5.32. The number of hydrogen-bond donors (Lipinski definition) is 1. The summed E-state index contributed by atoms with van der Waals surface area (Å²) < 4.78 is 26.7. The number of halogens is 2. The summed E-state index contributed by atoms with van der Waals surface area (Å²) in [6.45, 7) is 3.71. The van der Waals surface area contributed by atoms with Crippen LogP contribution in [0.1, 0.15) is 62.8 Å². The van der Waals surface area contributed by atoms with E-state index in [4.69, 9.17) is 0 Å². The van der Waals surface area contributed by atoms with Gasteiger partial charge in [-0.15, -0.1) is 0 Å². The summed E-state index contributed by atoms with van der Waals surface area (Å²) in [5.41, 5.74) is 0.655. The highest BCUT2D eigenvalue weighted by Gasteiger charge is 2.38.